The fourth-order valence-electron chi connectivity index (χ4n) is 3.00. The highest BCUT2D eigenvalue weighted by molar-refractivity contribution is 7.18. The standard InChI is InChI=1S/C19H26N2O2S/c1-14(2)13-23-15-9-11-21(12-10-15)19(22)8-7-18-20-16-5-3-4-6-17(16)24-18/h3-6,14-15H,7-13H2,1-2H3. The summed E-state index contributed by atoms with van der Waals surface area (Å²) in [6.07, 6.45) is 3.53. The van der Waals surface area contributed by atoms with E-state index in [1.807, 2.05) is 23.1 Å². The molecule has 0 radical (unpaired) electrons. The van der Waals surface area contributed by atoms with Gasteiger partial charge >= 0.3 is 0 Å². The molecule has 0 unspecified atom stereocenters. The zero-order valence-electron chi connectivity index (χ0n) is 14.5. The van der Waals surface area contributed by atoms with Crippen molar-refractivity contribution in [1.82, 2.24) is 9.88 Å². The molecule has 130 valence electrons. The minimum absolute atomic E-state index is 0.247. The van der Waals surface area contributed by atoms with Crippen molar-refractivity contribution in [2.45, 2.75) is 45.6 Å². The van der Waals surface area contributed by atoms with Crippen LogP contribution in [0.3, 0.4) is 0 Å². The van der Waals surface area contributed by atoms with E-state index in [1.165, 1.54) is 4.70 Å². The summed E-state index contributed by atoms with van der Waals surface area (Å²) in [6, 6.07) is 8.14. The van der Waals surface area contributed by atoms with Crippen molar-refractivity contribution in [3.63, 3.8) is 0 Å². The molecule has 1 saturated heterocycles. The first-order valence-corrected chi connectivity index (χ1v) is 9.67. The fraction of sp³-hybridized carbons (Fsp3) is 0.579. The lowest BCUT2D eigenvalue weighted by molar-refractivity contribution is -0.133. The Morgan fingerprint density at radius 2 is 2.08 bits per heavy atom. The number of thiazole rings is 1. The van der Waals surface area contributed by atoms with Crippen molar-refractivity contribution in [2.75, 3.05) is 19.7 Å². The molecule has 4 nitrogen and oxygen atoms in total. The van der Waals surface area contributed by atoms with Crippen molar-refractivity contribution in [3.8, 4) is 0 Å². The molecule has 0 aliphatic carbocycles. The van der Waals surface area contributed by atoms with E-state index in [1.54, 1.807) is 11.3 Å². The number of aromatic nitrogens is 1. The summed E-state index contributed by atoms with van der Waals surface area (Å²) in [5.74, 6) is 0.815. The van der Waals surface area contributed by atoms with Crippen LogP contribution in [0, 0.1) is 5.92 Å². The van der Waals surface area contributed by atoms with Crippen LogP contribution in [0.1, 0.15) is 38.1 Å². The van der Waals surface area contributed by atoms with Gasteiger partial charge in [-0.05, 0) is 30.9 Å². The van der Waals surface area contributed by atoms with Gasteiger partial charge in [-0.25, -0.2) is 4.98 Å². The first-order chi connectivity index (χ1) is 11.6. The molecule has 2 heterocycles. The summed E-state index contributed by atoms with van der Waals surface area (Å²) in [6.45, 7) is 6.79. The Bertz CT molecular complexity index is 642. The minimum Gasteiger partial charge on any atom is -0.378 e. The van der Waals surface area contributed by atoms with E-state index in [0.717, 1.165) is 49.5 Å². The number of benzene rings is 1. The Morgan fingerprint density at radius 3 is 2.79 bits per heavy atom. The maximum Gasteiger partial charge on any atom is 0.222 e. The average molecular weight is 346 g/mol. The van der Waals surface area contributed by atoms with Crippen LogP contribution in [0.25, 0.3) is 10.2 Å². The number of para-hydroxylation sites is 1. The minimum atomic E-state index is 0.247. The molecule has 3 rings (SSSR count). The fourth-order valence-corrected chi connectivity index (χ4v) is 3.97. The molecule has 24 heavy (non-hydrogen) atoms. The van der Waals surface area contributed by atoms with Crippen LogP contribution in [-0.4, -0.2) is 41.6 Å². The third-order valence-electron chi connectivity index (χ3n) is 4.35. The average Bonchev–Trinajstić information content (AvgIpc) is 3.01. The zero-order chi connectivity index (χ0) is 16.9. The lowest BCUT2D eigenvalue weighted by Crippen LogP contribution is -2.41. The number of hydrogen-bond acceptors (Lipinski definition) is 4. The highest BCUT2D eigenvalue weighted by atomic mass is 32.1. The van der Waals surface area contributed by atoms with E-state index in [0.29, 0.717) is 18.4 Å². The quantitative estimate of drug-likeness (QED) is 0.797. The summed E-state index contributed by atoms with van der Waals surface area (Å²) in [5, 5.41) is 1.06. The summed E-state index contributed by atoms with van der Waals surface area (Å²) >= 11 is 1.69. The second-order valence-corrected chi connectivity index (χ2v) is 8.00. The van der Waals surface area contributed by atoms with E-state index >= 15 is 0 Å². The molecule has 1 aliphatic rings. The number of nitrogens with zero attached hydrogens (tertiary/aromatic N) is 2. The van der Waals surface area contributed by atoms with Crippen LogP contribution < -0.4 is 0 Å². The molecule has 0 spiro atoms. The van der Waals surface area contributed by atoms with Gasteiger partial charge in [-0.1, -0.05) is 26.0 Å². The summed E-state index contributed by atoms with van der Waals surface area (Å²) < 4.78 is 7.09. The number of amides is 1. The van der Waals surface area contributed by atoms with Gasteiger partial charge in [-0.15, -0.1) is 11.3 Å². The number of ether oxygens (including phenoxy) is 1. The number of aryl methyl sites for hydroxylation is 1. The van der Waals surface area contributed by atoms with Gasteiger partial charge < -0.3 is 9.64 Å². The molecule has 5 heteroatoms. The maximum absolute atomic E-state index is 12.4. The van der Waals surface area contributed by atoms with Gasteiger partial charge in [0.15, 0.2) is 0 Å². The highest BCUT2D eigenvalue weighted by Gasteiger charge is 2.23. The maximum atomic E-state index is 12.4. The van der Waals surface area contributed by atoms with E-state index < -0.39 is 0 Å². The number of carbonyl (C=O) groups is 1. The lowest BCUT2D eigenvalue weighted by atomic mass is 10.1. The number of likely N-dealkylation sites (tertiary alicyclic amines) is 1. The van der Waals surface area contributed by atoms with Gasteiger partial charge in [-0.2, -0.15) is 0 Å². The van der Waals surface area contributed by atoms with Gasteiger partial charge in [0.1, 0.15) is 0 Å². The molecule has 1 amide bonds. The molecule has 1 fully saturated rings. The van der Waals surface area contributed by atoms with Crippen LogP contribution in [-0.2, 0) is 16.0 Å². The summed E-state index contributed by atoms with van der Waals surface area (Å²) in [5.41, 5.74) is 1.04. The van der Waals surface area contributed by atoms with Crippen molar-refractivity contribution in [1.29, 1.82) is 0 Å². The molecule has 0 N–H and O–H groups in total. The molecule has 0 saturated carbocycles. The van der Waals surface area contributed by atoms with E-state index in [9.17, 15) is 4.79 Å². The van der Waals surface area contributed by atoms with Crippen molar-refractivity contribution >= 4 is 27.5 Å². The summed E-state index contributed by atoms with van der Waals surface area (Å²) in [4.78, 5) is 19.0. The smallest absolute Gasteiger partial charge is 0.222 e. The molecular weight excluding hydrogens is 320 g/mol. The van der Waals surface area contributed by atoms with Crippen molar-refractivity contribution in [2.24, 2.45) is 5.92 Å². The zero-order valence-corrected chi connectivity index (χ0v) is 15.3. The van der Waals surface area contributed by atoms with Crippen LogP contribution in [0.15, 0.2) is 24.3 Å². The SMILES string of the molecule is CC(C)COC1CCN(C(=O)CCc2nc3ccccc3s2)CC1. The van der Waals surface area contributed by atoms with Crippen LogP contribution >= 0.6 is 11.3 Å². The Kier molecular flexibility index (Phi) is 5.85. The first kappa shape index (κ1) is 17.4. The Hall–Kier alpha value is -1.46. The molecular formula is C19H26N2O2S. The summed E-state index contributed by atoms with van der Waals surface area (Å²) in [7, 11) is 0. The first-order valence-electron chi connectivity index (χ1n) is 8.85. The number of carbonyl (C=O) groups excluding carboxylic acids is 1. The Labute approximate surface area is 147 Å². The van der Waals surface area contributed by atoms with Crippen LogP contribution in [0.5, 0.6) is 0 Å². The predicted molar refractivity (Wildman–Crippen MR) is 98.3 cm³/mol. The number of fused-ring (bicyclic) bond motifs is 1. The number of hydrogen-bond donors (Lipinski definition) is 0. The predicted octanol–water partition coefficient (Wildman–Crippen LogP) is 3.89. The molecule has 1 aromatic heterocycles. The monoisotopic (exact) mass is 346 g/mol. The van der Waals surface area contributed by atoms with Gasteiger partial charge in [0.05, 0.1) is 21.3 Å². The van der Waals surface area contributed by atoms with Crippen molar-refractivity contribution in [3.05, 3.63) is 29.3 Å². The van der Waals surface area contributed by atoms with E-state index in [2.05, 4.69) is 24.9 Å². The van der Waals surface area contributed by atoms with Crippen molar-refractivity contribution < 1.29 is 9.53 Å². The third-order valence-corrected chi connectivity index (χ3v) is 5.45. The number of rotatable bonds is 6. The Balaban J connectivity index is 1.44. The topological polar surface area (TPSA) is 42.4 Å². The molecule has 1 aliphatic heterocycles. The molecule has 2 aromatic rings. The van der Waals surface area contributed by atoms with Crippen LogP contribution in [0.2, 0.25) is 0 Å². The van der Waals surface area contributed by atoms with Gasteiger partial charge in [0.25, 0.3) is 0 Å². The van der Waals surface area contributed by atoms with Gasteiger partial charge in [-0.3, -0.25) is 4.79 Å². The molecule has 0 bridgehead atoms. The highest BCUT2D eigenvalue weighted by Crippen LogP contribution is 2.23. The third kappa shape index (κ3) is 4.54. The normalized spacial score (nSPS) is 16.2. The Morgan fingerprint density at radius 1 is 1.33 bits per heavy atom. The molecule has 0 atom stereocenters. The second kappa shape index (κ2) is 8.08. The van der Waals surface area contributed by atoms with Gasteiger partial charge in [0.2, 0.25) is 5.91 Å². The largest absolute Gasteiger partial charge is 0.378 e. The van der Waals surface area contributed by atoms with E-state index in [-0.39, 0.29) is 5.91 Å². The number of piperidine rings is 1. The second-order valence-electron chi connectivity index (χ2n) is 6.88. The molecule has 1 aromatic carbocycles. The van der Waals surface area contributed by atoms with Gasteiger partial charge in [0, 0.05) is 32.5 Å². The lowest BCUT2D eigenvalue weighted by Gasteiger charge is -2.32. The van der Waals surface area contributed by atoms with E-state index in [4.69, 9.17) is 4.74 Å². The van der Waals surface area contributed by atoms with Crippen LogP contribution in [0.4, 0.5) is 0 Å².